The van der Waals surface area contributed by atoms with Crippen molar-refractivity contribution in [3.05, 3.63) is 59.7 Å². The first kappa shape index (κ1) is 21.0. The van der Waals surface area contributed by atoms with Gasteiger partial charge in [-0.05, 0) is 43.2 Å². The SMILES string of the molecule is COC(=O)c1ccccc1NC(=O)c1cccc(S(=O)(=O)N2CCCCCC2)c1. The van der Waals surface area contributed by atoms with Crippen LogP contribution < -0.4 is 5.32 Å². The first-order valence-corrected chi connectivity index (χ1v) is 11.0. The topological polar surface area (TPSA) is 92.8 Å². The summed E-state index contributed by atoms with van der Waals surface area (Å²) in [5.41, 5.74) is 0.711. The van der Waals surface area contributed by atoms with Crippen LogP contribution in [0, 0.1) is 0 Å². The number of esters is 1. The van der Waals surface area contributed by atoms with Crippen molar-refractivity contribution in [3.8, 4) is 0 Å². The molecule has 8 heteroatoms. The Morgan fingerprint density at radius 1 is 0.966 bits per heavy atom. The fourth-order valence-corrected chi connectivity index (χ4v) is 4.87. The summed E-state index contributed by atoms with van der Waals surface area (Å²) in [6.07, 6.45) is 3.72. The number of carbonyl (C=O) groups excluding carboxylic acids is 2. The molecule has 0 aromatic heterocycles. The highest BCUT2D eigenvalue weighted by Gasteiger charge is 2.26. The molecular formula is C21H24N2O5S. The van der Waals surface area contributed by atoms with Gasteiger partial charge in [-0.2, -0.15) is 4.31 Å². The first-order chi connectivity index (χ1) is 13.9. The van der Waals surface area contributed by atoms with Crippen molar-refractivity contribution in [1.82, 2.24) is 4.31 Å². The standard InChI is InChI=1S/C21H24N2O5S/c1-28-21(25)18-11-4-5-12-19(18)22-20(24)16-9-8-10-17(15-16)29(26,27)23-13-6-2-3-7-14-23/h4-5,8-12,15H,2-3,6-7,13-14H2,1H3,(H,22,24). The van der Waals surface area contributed by atoms with Crippen molar-refractivity contribution in [2.75, 3.05) is 25.5 Å². The first-order valence-electron chi connectivity index (χ1n) is 9.52. The summed E-state index contributed by atoms with van der Waals surface area (Å²) in [7, 11) is -2.40. The van der Waals surface area contributed by atoms with E-state index in [0.29, 0.717) is 18.8 Å². The minimum Gasteiger partial charge on any atom is -0.465 e. The van der Waals surface area contributed by atoms with Crippen LogP contribution in [0.1, 0.15) is 46.4 Å². The maximum atomic E-state index is 13.0. The second-order valence-electron chi connectivity index (χ2n) is 6.84. The van der Waals surface area contributed by atoms with Gasteiger partial charge >= 0.3 is 5.97 Å². The average molecular weight is 416 g/mol. The van der Waals surface area contributed by atoms with Gasteiger partial charge in [-0.3, -0.25) is 4.79 Å². The van der Waals surface area contributed by atoms with Crippen molar-refractivity contribution in [2.24, 2.45) is 0 Å². The largest absolute Gasteiger partial charge is 0.465 e. The molecule has 1 N–H and O–H groups in total. The number of anilines is 1. The molecule has 0 bridgehead atoms. The number of nitrogens with one attached hydrogen (secondary N) is 1. The van der Waals surface area contributed by atoms with Crippen LogP contribution >= 0.6 is 0 Å². The summed E-state index contributed by atoms with van der Waals surface area (Å²) in [5.74, 6) is -1.08. The van der Waals surface area contributed by atoms with Crippen LogP contribution in [0.15, 0.2) is 53.4 Å². The lowest BCUT2D eigenvalue weighted by molar-refractivity contribution is 0.0602. The van der Waals surface area contributed by atoms with Crippen LogP contribution in [0.4, 0.5) is 5.69 Å². The van der Waals surface area contributed by atoms with E-state index >= 15 is 0 Å². The predicted molar refractivity (Wildman–Crippen MR) is 109 cm³/mol. The predicted octanol–water partition coefficient (Wildman–Crippen LogP) is 3.29. The Morgan fingerprint density at radius 2 is 1.66 bits per heavy atom. The van der Waals surface area contributed by atoms with Gasteiger partial charge in [0.25, 0.3) is 5.91 Å². The van der Waals surface area contributed by atoms with Gasteiger partial charge in [0.15, 0.2) is 0 Å². The highest BCUT2D eigenvalue weighted by molar-refractivity contribution is 7.89. The summed E-state index contributed by atoms with van der Waals surface area (Å²) < 4.78 is 32.2. The number of sulfonamides is 1. The summed E-state index contributed by atoms with van der Waals surface area (Å²) in [4.78, 5) is 24.7. The van der Waals surface area contributed by atoms with E-state index in [1.54, 1.807) is 30.3 Å². The molecule has 7 nitrogen and oxygen atoms in total. The third kappa shape index (κ3) is 4.83. The molecule has 1 aliphatic heterocycles. The minimum absolute atomic E-state index is 0.0910. The third-order valence-electron chi connectivity index (χ3n) is 4.88. The van der Waals surface area contributed by atoms with Crippen LogP contribution in [-0.4, -0.2) is 44.8 Å². The lowest BCUT2D eigenvalue weighted by Crippen LogP contribution is -2.32. The van der Waals surface area contributed by atoms with Gasteiger partial charge in [0.2, 0.25) is 10.0 Å². The van der Waals surface area contributed by atoms with Gasteiger partial charge in [-0.25, -0.2) is 13.2 Å². The Balaban J connectivity index is 1.84. The quantitative estimate of drug-likeness (QED) is 0.755. The normalized spacial score (nSPS) is 15.3. The third-order valence-corrected chi connectivity index (χ3v) is 6.77. The van der Waals surface area contributed by atoms with Crippen molar-refractivity contribution in [1.29, 1.82) is 0 Å². The molecule has 0 spiro atoms. The van der Waals surface area contributed by atoms with Crippen molar-refractivity contribution in [2.45, 2.75) is 30.6 Å². The molecule has 2 aromatic rings. The number of hydrogen-bond donors (Lipinski definition) is 1. The van der Waals surface area contributed by atoms with E-state index in [0.717, 1.165) is 25.7 Å². The molecule has 1 saturated heterocycles. The molecule has 0 saturated carbocycles. The molecule has 0 atom stereocenters. The van der Waals surface area contributed by atoms with E-state index in [4.69, 9.17) is 4.74 Å². The van der Waals surface area contributed by atoms with Gasteiger partial charge in [0.1, 0.15) is 0 Å². The lowest BCUT2D eigenvalue weighted by atomic mass is 10.1. The van der Waals surface area contributed by atoms with Crippen LogP contribution in [-0.2, 0) is 14.8 Å². The number of carbonyl (C=O) groups is 2. The van der Waals surface area contributed by atoms with Crippen LogP contribution in [0.3, 0.4) is 0 Å². The second kappa shape index (κ2) is 9.19. The van der Waals surface area contributed by atoms with E-state index in [1.165, 1.54) is 29.6 Å². The summed E-state index contributed by atoms with van der Waals surface area (Å²) >= 11 is 0. The monoisotopic (exact) mass is 416 g/mol. The van der Waals surface area contributed by atoms with Crippen molar-refractivity contribution >= 4 is 27.6 Å². The number of methoxy groups -OCH3 is 1. The Labute approximate surface area is 170 Å². The highest BCUT2D eigenvalue weighted by atomic mass is 32.2. The van der Waals surface area contributed by atoms with E-state index in [9.17, 15) is 18.0 Å². The Hall–Kier alpha value is -2.71. The Bertz CT molecular complexity index is 996. The number of ether oxygens (including phenoxy) is 1. The molecular weight excluding hydrogens is 392 g/mol. The van der Waals surface area contributed by atoms with Gasteiger partial charge in [-0.1, -0.05) is 31.0 Å². The van der Waals surface area contributed by atoms with Crippen LogP contribution in [0.5, 0.6) is 0 Å². The number of hydrogen-bond acceptors (Lipinski definition) is 5. The van der Waals surface area contributed by atoms with Gasteiger partial charge in [-0.15, -0.1) is 0 Å². The molecule has 1 aliphatic rings. The Kier molecular flexibility index (Phi) is 6.66. The van der Waals surface area contributed by atoms with Crippen molar-refractivity contribution in [3.63, 3.8) is 0 Å². The summed E-state index contributed by atoms with van der Waals surface area (Å²) in [5, 5.41) is 2.66. The molecule has 2 aromatic carbocycles. The number of rotatable bonds is 5. The summed E-state index contributed by atoms with van der Waals surface area (Å²) in [6.45, 7) is 0.983. The molecule has 3 rings (SSSR count). The Morgan fingerprint density at radius 3 is 2.34 bits per heavy atom. The number of para-hydroxylation sites is 1. The second-order valence-corrected chi connectivity index (χ2v) is 8.78. The van der Waals surface area contributed by atoms with Crippen molar-refractivity contribution < 1.29 is 22.7 Å². The van der Waals surface area contributed by atoms with E-state index in [-0.39, 0.29) is 16.0 Å². The maximum absolute atomic E-state index is 13.0. The van der Waals surface area contributed by atoms with Gasteiger partial charge in [0, 0.05) is 18.7 Å². The fourth-order valence-electron chi connectivity index (χ4n) is 3.30. The van der Waals surface area contributed by atoms with Crippen LogP contribution in [0.2, 0.25) is 0 Å². The molecule has 154 valence electrons. The number of benzene rings is 2. The molecule has 29 heavy (non-hydrogen) atoms. The van der Waals surface area contributed by atoms with Crippen LogP contribution in [0.25, 0.3) is 0 Å². The average Bonchev–Trinajstić information content (AvgIpc) is 3.04. The maximum Gasteiger partial charge on any atom is 0.339 e. The number of nitrogens with zero attached hydrogens (tertiary/aromatic N) is 1. The minimum atomic E-state index is -3.66. The zero-order valence-electron chi connectivity index (χ0n) is 16.3. The fraction of sp³-hybridized carbons (Fsp3) is 0.333. The molecule has 0 aliphatic carbocycles. The zero-order valence-corrected chi connectivity index (χ0v) is 17.1. The highest BCUT2D eigenvalue weighted by Crippen LogP contribution is 2.22. The molecule has 0 radical (unpaired) electrons. The van der Waals surface area contributed by atoms with Gasteiger partial charge in [0.05, 0.1) is 23.3 Å². The molecule has 1 heterocycles. The van der Waals surface area contributed by atoms with Gasteiger partial charge < -0.3 is 10.1 Å². The smallest absolute Gasteiger partial charge is 0.339 e. The zero-order chi connectivity index (χ0) is 20.9. The number of amides is 1. The lowest BCUT2D eigenvalue weighted by Gasteiger charge is -2.20. The van der Waals surface area contributed by atoms with E-state index < -0.39 is 21.9 Å². The summed E-state index contributed by atoms with van der Waals surface area (Å²) in [6, 6.07) is 12.4. The molecule has 1 fully saturated rings. The molecule has 1 amide bonds. The van der Waals surface area contributed by atoms with E-state index in [1.807, 2.05) is 0 Å². The van der Waals surface area contributed by atoms with E-state index in [2.05, 4.69) is 5.32 Å². The molecule has 0 unspecified atom stereocenters.